The maximum absolute atomic E-state index is 12.0. The summed E-state index contributed by atoms with van der Waals surface area (Å²) in [6.07, 6.45) is 4.08. The Kier molecular flexibility index (Phi) is 2.82. The van der Waals surface area contributed by atoms with E-state index in [9.17, 15) is 4.79 Å². The number of benzene rings is 1. The molecule has 0 spiro atoms. The number of hydrogen-bond donors (Lipinski definition) is 0. The number of fused-ring (bicyclic) bond motifs is 1. The molecule has 0 radical (unpaired) electrons. The molecule has 2 nitrogen and oxygen atoms in total. The Bertz CT molecular complexity index is 446. The van der Waals surface area contributed by atoms with Crippen LogP contribution in [0.2, 0.25) is 0 Å². The van der Waals surface area contributed by atoms with E-state index < -0.39 is 0 Å². The first-order valence-electron chi connectivity index (χ1n) is 5.65. The number of carbonyl (C=O) groups excluding carboxylic acids is 1. The predicted molar refractivity (Wildman–Crippen MR) is 66.5 cm³/mol. The minimum atomic E-state index is 0.107. The number of carbonyl (C=O) groups is 1. The van der Waals surface area contributed by atoms with Crippen LogP contribution in [0.3, 0.4) is 0 Å². The quantitative estimate of drug-likeness (QED) is 0.705. The van der Waals surface area contributed by atoms with Gasteiger partial charge in [-0.15, -0.1) is 0 Å². The van der Waals surface area contributed by atoms with E-state index in [4.69, 9.17) is 0 Å². The second-order valence-electron chi connectivity index (χ2n) is 4.59. The number of likely N-dealkylation sites (N-methyl/N-ethyl adjacent to an activating group) is 1. The summed E-state index contributed by atoms with van der Waals surface area (Å²) in [5.74, 6) is 0.602. The third-order valence-corrected chi connectivity index (χ3v) is 3.00. The number of rotatable bonds is 1. The van der Waals surface area contributed by atoms with E-state index in [1.807, 2.05) is 25.3 Å². The lowest BCUT2D eigenvalue weighted by atomic mass is 9.97. The molecule has 1 aromatic rings. The van der Waals surface area contributed by atoms with E-state index in [1.54, 1.807) is 4.90 Å². The van der Waals surface area contributed by atoms with Crippen LogP contribution in [0.4, 0.5) is 0 Å². The van der Waals surface area contributed by atoms with Crippen molar-refractivity contribution in [3.63, 3.8) is 0 Å². The van der Waals surface area contributed by atoms with Crippen molar-refractivity contribution in [2.75, 3.05) is 13.6 Å². The second kappa shape index (κ2) is 4.12. The molecule has 0 saturated carbocycles. The third-order valence-electron chi connectivity index (χ3n) is 3.00. The first-order valence-corrected chi connectivity index (χ1v) is 5.65. The summed E-state index contributed by atoms with van der Waals surface area (Å²) in [6.45, 7) is 5.01. The molecule has 16 heavy (non-hydrogen) atoms. The maximum atomic E-state index is 12.0. The van der Waals surface area contributed by atoms with Crippen molar-refractivity contribution in [3.8, 4) is 0 Å². The van der Waals surface area contributed by atoms with Crippen LogP contribution in [0, 0.1) is 0 Å². The van der Waals surface area contributed by atoms with Crippen molar-refractivity contribution >= 4 is 12.0 Å². The standard InChI is InChI=1S/C14H17NO/c1-10(2)11-6-7-13-12(9-11)5-4-8-15(3)14(13)16/h4-7,9-10H,8H2,1-3H3. The molecule has 0 aromatic heterocycles. The van der Waals surface area contributed by atoms with Crippen LogP contribution >= 0.6 is 0 Å². The van der Waals surface area contributed by atoms with Crippen molar-refractivity contribution in [1.82, 2.24) is 4.90 Å². The van der Waals surface area contributed by atoms with Gasteiger partial charge >= 0.3 is 0 Å². The fourth-order valence-corrected chi connectivity index (χ4v) is 1.90. The number of nitrogens with zero attached hydrogens (tertiary/aromatic N) is 1. The first-order chi connectivity index (χ1) is 7.59. The lowest BCUT2D eigenvalue weighted by molar-refractivity contribution is 0.0811. The third kappa shape index (κ3) is 1.87. The Morgan fingerprint density at radius 3 is 2.75 bits per heavy atom. The van der Waals surface area contributed by atoms with E-state index in [0.29, 0.717) is 12.5 Å². The van der Waals surface area contributed by atoms with Gasteiger partial charge in [0.2, 0.25) is 0 Å². The van der Waals surface area contributed by atoms with Crippen LogP contribution in [-0.4, -0.2) is 24.4 Å². The van der Waals surface area contributed by atoms with Crippen molar-refractivity contribution in [2.24, 2.45) is 0 Å². The molecule has 2 heteroatoms. The fraction of sp³-hybridized carbons (Fsp3) is 0.357. The molecule has 0 bridgehead atoms. The highest BCUT2D eigenvalue weighted by Crippen LogP contribution is 2.22. The summed E-state index contributed by atoms with van der Waals surface area (Å²) >= 11 is 0. The van der Waals surface area contributed by atoms with E-state index >= 15 is 0 Å². The summed E-state index contributed by atoms with van der Waals surface area (Å²) in [5.41, 5.74) is 3.13. The van der Waals surface area contributed by atoms with Gasteiger partial charge in [-0.05, 0) is 23.1 Å². The molecular formula is C14H17NO. The molecule has 1 amide bonds. The second-order valence-corrected chi connectivity index (χ2v) is 4.59. The molecule has 1 aromatic carbocycles. The molecule has 0 atom stereocenters. The molecule has 1 heterocycles. The van der Waals surface area contributed by atoms with Crippen LogP contribution in [0.15, 0.2) is 24.3 Å². The highest BCUT2D eigenvalue weighted by Gasteiger charge is 2.17. The van der Waals surface area contributed by atoms with Gasteiger partial charge in [0.05, 0.1) is 0 Å². The van der Waals surface area contributed by atoms with Crippen molar-refractivity contribution < 1.29 is 4.79 Å². The highest BCUT2D eigenvalue weighted by molar-refractivity contribution is 5.98. The molecular weight excluding hydrogens is 198 g/mol. The van der Waals surface area contributed by atoms with E-state index in [-0.39, 0.29) is 5.91 Å². The van der Waals surface area contributed by atoms with Gasteiger partial charge in [0.25, 0.3) is 5.91 Å². The number of amides is 1. The Morgan fingerprint density at radius 2 is 2.06 bits per heavy atom. The lowest BCUT2D eigenvalue weighted by Crippen LogP contribution is -2.26. The van der Waals surface area contributed by atoms with Crippen LogP contribution < -0.4 is 0 Å². The summed E-state index contributed by atoms with van der Waals surface area (Å²) < 4.78 is 0. The molecule has 0 unspecified atom stereocenters. The summed E-state index contributed by atoms with van der Waals surface area (Å²) in [4.78, 5) is 13.7. The monoisotopic (exact) mass is 215 g/mol. The summed E-state index contributed by atoms with van der Waals surface area (Å²) in [7, 11) is 1.83. The zero-order valence-electron chi connectivity index (χ0n) is 10.0. The molecule has 84 valence electrons. The average Bonchev–Trinajstić information content (AvgIpc) is 2.40. The van der Waals surface area contributed by atoms with Gasteiger partial charge in [-0.1, -0.05) is 38.1 Å². The Labute approximate surface area is 96.6 Å². The minimum absolute atomic E-state index is 0.107. The molecule has 1 aliphatic heterocycles. The molecule has 0 fully saturated rings. The van der Waals surface area contributed by atoms with Gasteiger partial charge in [0, 0.05) is 19.2 Å². The van der Waals surface area contributed by atoms with Gasteiger partial charge < -0.3 is 4.90 Å². The maximum Gasteiger partial charge on any atom is 0.254 e. The van der Waals surface area contributed by atoms with Gasteiger partial charge in [0.1, 0.15) is 0 Å². The normalized spacial score (nSPS) is 15.2. The zero-order chi connectivity index (χ0) is 11.7. The highest BCUT2D eigenvalue weighted by atomic mass is 16.2. The molecule has 0 aliphatic carbocycles. The fourth-order valence-electron chi connectivity index (χ4n) is 1.90. The van der Waals surface area contributed by atoms with Gasteiger partial charge in [-0.3, -0.25) is 4.79 Å². The minimum Gasteiger partial charge on any atom is -0.338 e. The average molecular weight is 215 g/mol. The molecule has 0 saturated heterocycles. The van der Waals surface area contributed by atoms with Crippen molar-refractivity contribution in [3.05, 3.63) is 41.0 Å². The van der Waals surface area contributed by atoms with Crippen LogP contribution in [0.5, 0.6) is 0 Å². The largest absolute Gasteiger partial charge is 0.338 e. The molecule has 2 rings (SSSR count). The van der Waals surface area contributed by atoms with Crippen molar-refractivity contribution in [1.29, 1.82) is 0 Å². The Morgan fingerprint density at radius 1 is 1.31 bits per heavy atom. The van der Waals surface area contributed by atoms with Crippen molar-refractivity contribution in [2.45, 2.75) is 19.8 Å². The Hall–Kier alpha value is -1.57. The Balaban J connectivity index is 2.50. The molecule has 0 N–H and O–H groups in total. The summed E-state index contributed by atoms with van der Waals surface area (Å²) in [6, 6.07) is 6.11. The van der Waals surface area contributed by atoms with Crippen LogP contribution in [0.25, 0.3) is 6.08 Å². The van der Waals surface area contributed by atoms with E-state index in [2.05, 4.69) is 26.0 Å². The first kappa shape index (κ1) is 10.9. The van der Waals surface area contributed by atoms with E-state index in [0.717, 1.165) is 11.1 Å². The smallest absolute Gasteiger partial charge is 0.254 e. The predicted octanol–water partition coefficient (Wildman–Crippen LogP) is 2.91. The SMILES string of the molecule is CC(C)c1ccc2c(c1)C=CCN(C)C2=O. The zero-order valence-corrected chi connectivity index (χ0v) is 10.0. The number of hydrogen-bond acceptors (Lipinski definition) is 1. The van der Waals surface area contributed by atoms with Gasteiger partial charge in [-0.2, -0.15) is 0 Å². The van der Waals surface area contributed by atoms with Gasteiger partial charge in [0.15, 0.2) is 0 Å². The molecule has 1 aliphatic rings. The van der Waals surface area contributed by atoms with Crippen LogP contribution in [-0.2, 0) is 0 Å². The van der Waals surface area contributed by atoms with E-state index in [1.165, 1.54) is 5.56 Å². The topological polar surface area (TPSA) is 20.3 Å². The van der Waals surface area contributed by atoms with Gasteiger partial charge in [-0.25, -0.2) is 0 Å². The summed E-state index contributed by atoms with van der Waals surface area (Å²) in [5, 5.41) is 0. The lowest BCUT2D eigenvalue weighted by Gasteiger charge is -2.14. The van der Waals surface area contributed by atoms with Crippen LogP contribution in [0.1, 0.15) is 41.3 Å².